The molecule has 0 amide bonds. The summed E-state index contributed by atoms with van der Waals surface area (Å²) in [6, 6.07) is 8.87. The third-order valence-electron chi connectivity index (χ3n) is 2.99. The van der Waals surface area contributed by atoms with E-state index in [1.807, 2.05) is 6.07 Å². The van der Waals surface area contributed by atoms with Gasteiger partial charge in [0.05, 0.1) is 5.57 Å². The highest BCUT2D eigenvalue weighted by Gasteiger charge is 2.47. The van der Waals surface area contributed by atoms with Crippen molar-refractivity contribution in [3.8, 4) is 0 Å². The molecule has 0 aliphatic carbocycles. The average Bonchev–Trinajstić information content (AvgIpc) is 2.52. The number of carbonyl (C=O) groups excluding carboxylic acids is 1. The molecule has 0 fully saturated rings. The fourth-order valence-corrected chi connectivity index (χ4v) is 2.10. The standard InChI is InChI=1S/C13H12O4/c1-8-10(11(14)15)13(2,17-12(8)16)9-6-4-3-5-7-9/h3-7H,1-2H3,(H,14,15). The summed E-state index contributed by atoms with van der Waals surface area (Å²) in [6.45, 7) is 3.07. The minimum Gasteiger partial charge on any atom is -0.478 e. The van der Waals surface area contributed by atoms with E-state index in [-0.39, 0.29) is 11.1 Å². The largest absolute Gasteiger partial charge is 0.478 e. The number of hydrogen-bond acceptors (Lipinski definition) is 3. The molecule has 0 radical (unpaired) electrons. The number of rotatable bonds is 2. The third-order valence-corrected chi connectivity index (χ3v) is 2.99. The monoisotopic (exact) mass is 232 g/mol. The third kappa shape index (κ3) is 1.62. The van der Waals surface area contributed by atoms with Gasteiger partial charge in [-0.3, -0.25) is 0 Å². The molecule has 1 unspecified atom stereocenters. The zero-order valence-corrected chi connectivity index (χ0v) is 9.56. The van der Waals surface area contributed by atoms with Crippen LogP contribution in [0.3, 0.4) is 0 Å². The lowest BCUT2D eigenvalue weighted by molar-refractivity contribution is -0.147. The van der Waals surface area contributed by atoms with Crippen molar-refractivity contribution in [2.45, 2.75) is 19.4 Å². The Balaban J connectivity index is 2.60. The quantitative estimate of drug-likeness (QED) is 0.790. The molecule has 1 atom stereocenters. The molecule has 1 aliphatic heterocycles. The number of carbonyl (C=O) groups is 2. The van der Waals surface area contributed by atoms with Gasteiger partial charge in [0.15, 0.2) is 5.60 Å². The molecular weight excluding hydrogens is 220 g/mol. The van der Waals surface area contributed by atoms with Crippen molar-refractivity contribution in [1.29, 1.82) is 0 Å². The van der Waals surface area contributed by atoms with Gasteiger partial charge in [-0.15, -0.1) is 0 Å². The van der Waals surface area contributed by atoms with Crippen LogP contribution in [0.4, 0.5) is 0 Å². The van der Waals surface area contributed by atoms with E-state index in [4.69, 9.17) is 4.74 Å². The molecule has 88 valence electrons. The van der Waals surface area contributed by atoms with Crippen LogP contribution in [0.1, 0.15) is 19.4 Å². The normalized spacial score (nSPS) is 23.8. The van der Waals surface area contributed by atoms with Gasteiger partial charge in [-0.25, -0.2) is 9.59 Å². The van der Waals surface area contributed by atoms with Crippen molar-refractivity contribution < 1.29 is 19.4 Å². The highest BCUT2D eigenvalue weighted by atomic mass is 16.6. The van der Waals surface area contributed by atoms with Crippen molar-refractivity contribution in [3.63, 3.8) is 0 Å². The van der Waals surface area contributed by atoms with E-state index in [1.165, 1.54) is 6.92 Å². The van der Waals surface area contributed by atoms with Gasteiger partial charge in [0.2, 0.25) is 0 Å². The molecule has 0 saturated carbocycles. The first-order valence-corrected chi connectivity index (χ1v) is 5.20. The lowest BCUT2D eigenvalue weighted by atomic mass is 9.87. The van der Waals surface area contributed by atoms with Crippen LogP contribution in [-0.4, -0.2) is 17.0 Å². The van der Waals surface area contributed by atoms with Gasteiger partial charge < -0.3 is 9.84 Å². The summed E-state index contributed by atoms with van der Waals surface area (Å²) in [7, 11) is 0. The number of ether oxygens (including phenoxy) is 1. The predicted octanol–water partition coefficient (Wildman–Crippen LogP) is 1.86. The first-order valence-electron chi connectivity index (χ1n) is 5.20. The molecule has 2 rings (SSSR count). The molecular formula is C13H12O4. The van der Waals surface area contributed by atoms with E-state index in [0.717, 1.165) is 0 Å². The first kappa shape index (κ1) is 11.4. The Morgan fingerprint density at radius 2 is 1.88 bits per heavy atom. The molecule has 0 bridgehead atoms. The Morgan fingerprint density at radius 3 is 2.41 bits per heavy atom. The summed E-state index contributed by atoms with van der Waals surface area (Å²) in [6.07, 6.45) is 0. The predicted molar refractivity (Wildman–Crippen MR) is 60.2 cm³/mol. The van der Waals surface area contributed by atoms with Crippen LogP contribution in [0, 0.1) is 0 Å². The van der Waals surface area contributed by atoms with E-state index in [2.05, 4.69) is 0 Å². The van der Waals surface area contributed by atoms with E-state index < -0.39 is 17.5 Å². The smallest absolute Gasteiger partial charge is 0.336 e. The topological polar surface area (TPSA) is 63.6 Å². The number of hydrogen-bond donors (Lipinski definition) is 1. The van der Waals surface area contributed by atoms with Crippen molar-refractivity contribution >= 4 is 11.9 Å². The van der Waals surface area contributed by atoms with Gasteiger partial charge in [-0.1, -0.05) is 30.3 Å². The van der Waals surface area contributed by atoms with Crippen molar-refractivity contribution in [2.75, 3.05) is 0 Å². The van der Waals surface area contributed by atoms with Gasteiger partial charge in [-0.2, -0.15) is 0 Å². The fraction of sp³-hybridized carbons (Fsp3) is 0.231. The summed E-state index contributed by atoms with van der Waals surface area (Å²) >= 11 is 0. The summed E-state index contributed by atoms with van der Waals surface area (Å²) in [5, 5.41) is 9.21. The van der Waals surface area contributed by atoms with Gasteiger partial charge in [-0.05, 0) is 13.8 Å². The second kappa shape index (κ2) is 3.73. The highest BCUT2D eigenvalue weighted by Crippen LogP contribution is 2.40. The summed E-state index contributed by atoms with van der Waals surface area (Å²) in [4.78, 5) is 22.8. The zero-order valence-electron chi connectivity index (χ0n) is 9.56. The minimum atomic E-state index is -1.20. The van der Waals surface area contributed by atoms with Gasteiger partial charge in [0.25, 0.3) is 0 Å². The van der Waals surface area contributed by atoms with Gasteiger partial charge in [0.1, 0.15) is 0 Å². The van der Waals surface area contributed by atoms with E-state index in [9.17, 15) is 14.7 Å². The van der Waals surface area contributed by atoms with Crippen LogP contribution in [0.5, 0.6) is 0 Å². The maximum absolute atomic E-state index is 11.5. The molecule has 1 heterocycles. The number of cyclic esters (lactones) is 1. The second-order valence-corrected chi connectivity index (χ2v) is 4.09. The van der Waals surface area contributed by atoms with E-state index in [1.54, 1.807) is 31.2 Å². The summed E-state index contributed by atoms with van der Waals surface area (Å²) in [5.74, 6) is -1.70. The van der Waals surface area contributed by atoms with Crippen molar-refractivity contribution in [3.05, 3.63) is 47.0 Å². The number of esters is 1. The molecule has 17 heavy (non-hydrogen) atoms. The molecule has 1 aromatic rings. The van der Waals surface area contributed by atoms with Crippen LogP contribution in [0.25, 0.3) is 0 Å². The molecule has 4 nitrogen and oxygen atoms in total. The summed E-state index contributed by atoms with van der Waals surface area (Å²) in [5.41, 5.74) is -0.381. The Bertz CT molecular complexity index is 515. The Labute approximate surface area is 98.5 Å². The maximum Gasteiger partial charge on any atom is 0.336 e. The van der Waals surface area contributed by atoms with E-state index >= 15 is 0 Å². The first-order chi connectivity index (χ1) is 7.97. The molecule has 1 N–H and O–H groups in total. The van der Waals surface area contributed by atoms with Crippen LogP contribution in [-0.2, 0) is 19.9 Å². The van der Waals surface area contributed by atoms with Gasteiger partial charge >= 0.3 is 11.9 Å². The molecule has 0 saturated heterocycles. The summed E-state index contributed by atoms with van der Waals surface area (Å²) < 4.78 is 5.23. The molecule has 0 spiro atoms. The number of carboxylic acid groups (broad SMARTS) is 1. The van der Waals surface area contributed by atoms with Gasteiger partial charge in [0, 0.05) is 11.1 Å². The Kier molecular flexibility index (Phi) is 2.50. The second-order valence-electron chi connectivity index (χ2n) is 4.09. The molecule has 0 aromatic heterocycles. The van der Waals surface area contributed by atoms with Crippen molar-refractivity contribution in [2.24, 2.45) is 0 Å². The maximum atomic E-state index is 11.5. The van der Waals surface area contributed by atoms with Crippen molar-refractivity contribution in [1.82, 2.24) is 0 Å². The minimum absolute atomic E-state index is 0.00806. The number of carboxylic acids is 1. The highest BCUT2D eigenvalue weighted by molar-refractivity contribution is 6.04. The number of benzene rings is 1. The zero-order chi connectivity index (χ0) is 12.6. The van der Waals surface area contributed by atoms with Crippen LogP contribution in [0.2, 0.25) is 0 Å². The van der Waals surface area contributed by atoms with Crippen LogP contribution >= 0.6 is 0 Å². The molecule has 1 aromatic carbocycles. The SMILES string of the molecule is CC1=C(C(=O)O)C(C)(c2ccccc2)OC1=O. The lowest BCUT2D eigenvalue weighted by Gasteiger charge is -2.25. The van der Waals surface area contributed by atoms with Crippen LogP contribution in [0.15, 0.2) is 41.5 Å². The molecule has 4 heteroatoms. The fourth-order valence-electron chi connectivity index (χ4n) is 2.10. The Morgan fingerprint density at radius 1 is 1.29 bits per heavy atom. The number of aliphatic carboxylic acids is 1. The van der Waals surface area contributed by atoms with Crippen LogP contribution < -0.4 is 0 Å². The average molecular weight is 232 g/mol. The lowest BCUT2D eigenvalue weighted by Crippen LogP contribution is -2.28. The van der Waals surface area contributed by atoms with E-state index in [0.29, 0.717) is 5.56 Å². The molecule has 1 aliphatic rings. The Hall–Kier alpha value is -2.10.